The van der Waals surface area contributed by atoms with Gasteiger partial charge in [0.25, 0.3) is 0 Å². The van der Waals surface area contributed by atoms with Gasteiger partial charge in [0.15, 0.2) is 0 Å². The number of carboxylic acid groups (broad SMARTS) is 1. The van der Waals surface area contributed by atoms with Gasteiger partial charge in [-0.25, -0.2) is 0 Å². The molecule has 4 N–H and O–H groups in total. The molecular formula is C16H20N2O4. The van der Waals surface area contributed by atoms with Gasteiger partial charge in [-0.3, -0.25) is 14.4 Å². The Morgan fingerprint density at radius 3 is 2.64 bits per heavy atom. The van der Waals surface area contributed by atoms with Gasteiger partial charge in [0.1, 0.15) is 0 Å². The maximum absolute atomic E-state index is 12.2. The largest absolute Gasteiger partial charge is 0.481 e. The molecule has 0 spiro atoms. The normalized spacial score (nSPS) is 21.1. The molecule has 2 amide bonds. The van der Waals surface area contributed by atoms with Crippen LogP contribution in [0.15, 0.2) is 24.3 Å². The van der Waals surface area contributed by atoms with Crippen molar-refractivity contribution in [3.05, 3.63) is 35.4 Å². The van der Waals surface area contributed by atoms with Gasteiger partial charge in [0, 0.05) is 18.0 Å². The summed E-state index contributed by atoms with van der Waals surface area (Å²) in [6, 6.07) is 6.77. The number of hydrogen-bond acceptors (Lipinski definition) is 3. The van der Waals surface area contributed by atoms with Crippen LogP contribution in [-0.4, -0.2) is 22.9 Å². The SMILES string of the molecule is NC(=O)c1cccc(CNC(=O)C2CCCC(C(=O)O)C2)c1. The van der Waals surface area contributed by atoms with Crippen molar-refractivity contribution < 1.29 is 19.5 Å². The number of carbonyl (C=O) groups excluding carboxylic acids is 2. The Kier molecular flexibility index (Phi) is 5.14. The van der Waals surface area contributed by atoms with Crippen molar-refractivity contribution in [2.75, 3.05) is 0 Å². The van der Waals surface area contributed by atoms with Gasteiger partial charge in [-0.2, -0.15) is 0 Å². The van der Waals surface area contributed by atoms with Crippen LogP contribution in [0.4, 0.5) is 0 Å². The number of rotatable bonds is 5. The van der Waals surface area contributed by atoms with Crippen molar-refractivity contribution >= 4 is 17.8 Å². The van der Waals surface area contributed by atoms with Gasteiger partial charge in [0.2, 0.25) is 11.8 Å². The molecule has 118 valence electrons. The van der Waals surface area contributed by atoms with Crippen molar-refractivity contribution in [1.29, 1.82) is 0 Å². The van der Waals surface area contributed by atoms with E-state index in [4.69, 9.17) is 10.8 Å². The third-order valence-corrected chi connectivity index (χ3v) is 4.07. The number of primary amides is 1. The van der Waals surface area contributed by atoms with Crippen LogP contribution in [0.5, 0.6) is 0 Å². The second-order valence-corrected chi connectivity index (χ2v) is 5.68. The lowest BCUT2D eigenvalue weighted by Crippen LogP contribution is -2.35. The Labute approximate surface area is 128 Å². The molecular weight excluding hydrogens is 284 g/mol. The van der Waals surface area contributed by atoms with Gasteiger partial charge in [-0.1, -0.05) is 18.6 Å². The number of carbonyl (C=O) groups is 3. The van der Waals surface area contributed by atoms with Crippen LogP contribution in [0, 0.1) is 11.8 Å². The first-order chi connectivity index (χ1) is 10.5. The molecule has 0 aliphatic heterocycles. The first-order valence-corrected chi connectivity index (χ1v) is 7.36. The molecule has 0 aromatic heterocycles. The van der Waals surface area contributed by atoms with Crippen molar-refractivity contribution in [3.8, 4) is 0 Å². The van der Waals surface area contributed by atoms with Crippen LogP contribution in [-0.2, 0) is 16.1 Å². The number of carboxylic acids is 1. The van der Waals surface area contributed by atoms with E-state index in [1.54, 1.807) is 24.3 Å². The lowest BCUT2D eigenvalue weighted by molar-refractivity contribution is -0.144. The first-order valence-electron chi connectivity index (χ1n) is 7.36. The van der Waals surface area contributed by atoms with Crippen LogP contribution < -0.4 is 11.1 Å². The van der Waals surface area contributed by atoms with E-state index in [2.05, 4.69) is 5.32 Å². The Morgan fingerprint density at radius 2 is 1.95 bits per heavy atom. The summed E-state index contributed by atoms with van der Waals surface area (Å²) in [5.74, 6) is -2.15. The van der Waals surface area contributed by atoms with Crippen LogP contribution in [0.3, 0.4) is 0 Å². The number of aliphatic carboxylic acids is 1. The van der Waals surface area contributed by atoms with Gasteiger partial charge < -0.3 is 16.2 Å². The molecule has 1 aliphatic carbocycles. The molecule has 0 saturated heterocycles. The quantitative estimate of drug-likeness (QED) is 0.761. The highest BCUT2D eigenvalue weighted by molar-refractivity contribution is 5.92. The summed E-state index contributed by atoms with van der Waals surface area (Å²) in [5, 5.41) is 11.9. The average molecular weight is 304 g/mol. The van der Waals surface area contributed by atoms with Gasteiger partial charge in [-0.05, 0) is 37.0 Å². The highest BCUT2D eigenvalue weighted by Crippen LogP contribution is 2.29. The van der Waals surface area contributed by atoms with Crippen LogP contribution >= 0.6 is 0 Å². The van der Waals surface area contributed by atoms with Gasteiger partial charge in [-0.15, -0.1) is 0 Å². The summed E-state index contributed by atoms with van der Waals surface area (Å²) in [4.78, 5) is 34.3. The van der Waals surface area contributed by atoms with E-state index in [1.807, 2.05) is 0 Å². The molecule has 2 atom stereocenters. The molecule has 1 fully saturated rings. The fourth-order valence-electron chi connectivity index (χ4n) is 2.82. The topological polar surface area (TPSA) is 109 Å². The molecule has 6 nitrogen and oxygen atoms in total. The maximum atomic E-state index is 12.2. The first kappa shape index (κ1) is 16.0. The number of benzene rings is 1. The molecule has 2 rings (SSSR count). The fraction of sp³-hybridized carbons (Fsp3) is 0.438. The molecule has 2 unspecified atom stereocenters. The molecule has 1 aromatic carbocycles. The van der Waals surface area contributed by atoms with E-state index >= 15 is 0 Å². The lowest BCUT2D eigenvalue weighted by atomic mass is 9.81. The standard InChI is InChI=1S/C16H20N2O4/c17-14(19)11-4-1-3-10(7-11)9-18-15(20)12-5-2-6-13(8-12)16(21)22/h1,3-4,7,12-13H,2,5-6,8-9H2,(H2,17,19)(H,18,20)(H,21,22). The zero-order chi connectivity index (χ0) is 16.1. The van der Waals surface area contributed by atoms with Crippen LogP contribution in [0.25, 0.3) is 0 Å². The summed E-state index contributed by atoms with van der Waals surface area (Å²) in [5.41, 5.74) is 6.40. The van der Waals surface area contributed by atoms with E-state index in [1.165, 1.54) is 0 Å². The van der Waals surface area contributed by atoms with Crippen molar-refractivity contribution in [1.82, 2.24) is 5.32 Å². The third-order valence-electron chi connectivity index (χ3n) is 4.07. The second kappa shape index (κ2) is 7.06. The Morgan fingerprint density at radius 1 is 1.23 bits per heavy atom. The summed E-state index contributed by atoms with van der Waals surface area (Å²) in [6.07, 6.45) is 2.51. The molecule has 1 aliphatic rings. The predicted molar refractivity (Wildman–Crippen MR) is 79.9 cm³/mol. The monoisotopic (exact) mass is 304 g/mol. The highest BCUT2D eigenvalue weighted by atomic mass is 16.4. The van der Waals surface area contributed by atoms with Crippen LogP contribution in [0.1, 0.15) is 41.6 Å². The van der Waals surface area contributed by atoms with Crippen LogP contribution in [0.2, 0.25) is 0 Å². The van der Waals surface area contributed by atoms with Gasteiger partial charge in [0.05, 0.1) is 5.92 Å². The number of nitrogens with two attached hydrogens (primary N) is 1. The number of hydrogen-bond donors (Lipinski definition) is 3. The molecule has 1 saturated carbocycles. The second-order valence-electron chi connectivity index (χ2n) is 5.68. The van der Waals surface area contributed by atoms with Crippen molar-refractivity contribution in [3.63, 3.8) is 0 Å². The molecule has 0 bridgehead atoms. The zero-order valence-electron chi connectivity index (χ0n) is 12.2. The predicted octanol–water partition coefficient (Wildman–Crippen LogP) is 1.29. The van der Waals surface area contributed by atoms with E-state index in [-0.39, 0.29) is 11.8 Å². The van der Waals surface area contributed by atoms with Crippen molar-refractivity contribution in [2.24, 2.45) is 17.6 Å². The Balaban J connectivity index is 1.91. The zero-order valence-corrected chi connectivity index (χ0v) is 12.2. The molecule has 1 aromatic rings. The van der Waals surface area contributed by atoms with E-state index < -0.39 is 17.8 Å². The van der Waals surface area contributed by atoms with Gasteiger partial charge >= 0.3 is 5.97 Å². The minimum Gasteiger partial charge on any atom is -0.481 e. The molecule has 0 radical (unpaired) electrons. The minimum absolute atomic E-state index is 0.129. The molecule has 22 heavy (non-hydrogen) atoms. The molecule has 0 heterocycles. The number of amides is 2. The fourth-order valence-corrected chi connectivity index (χ4v) is 2.82. The van der Waals surface area contributed by atoms with E-state index in [9.17, 15) is 14.4 Å². The lowest BCUT2D eigenvalue weighted by Gasteiger charge is -2.25. The summed E-state index contributed by atoms with van der Waals surface area (Å²) in [7, 11) is 0. The summed E-state index contributed by atoms with van der Waals surface area (Å²) >= 11 is 0. The highest BCUT2D eigenvalue weighted by Gasteiger charge is 2.30. The van der Waals surface area contributed by atoms with E-state index in [0.717, 1.165) is 18.4 Å². The average Bonchev–Trinajstić information content (AvgIpc) is 2.53. The summed E-state index contributed by atoms with van der Waals surface area (Å²) < 4.78 is 0. The van der Waals surface area contributed by atoms with E-state index in [0.29, 0.717) is 24.9 Å². The van der Waals surface area contributed by atoms with Crippen molar-refractivity contribution in [2.45, 2.75) is 32.2 Å². The maximum Gasteiger partial charge on any atom is 0.306 e. The Hall–Kier alpha value is -2.37. The Bertz CT molecular complexity index is 585. The third kappa shape index (κ3) is 4.07. The summed E-state index contributed by atoms with van der Waals surface area (Å²) in [6.45, 7) is 0.300. The minimum atomic E-state index is -0.827. The smallest absolute Gasteiger partial charge is 0.306 e. The molecule has 6 heteroatoms. The number of nitrogens with one attached hydrogen (secondary N) is 1.